The van der Waals surface area contributed by atoms with E-state index >= 15 is 0 Å². The number of ether oxygens (including phenoxy) is 1. The smallest absolute Gasteiger partial charge is 0.341 e. The Hall–Kier alpha value is -2.11. The molecular weight excluding hydrogens is 275 g/mol. The molecule has 1 aliphatic rings. The Bertz CT molecular complexity index is 526. The molecule has 1 amide bonds. The molecule has 2 N–H and O–H groups in total. The van der Waals surface area contributed by atoms with Gasteiger partial charge in [0.1, 0.15) is 5.82 Å². The van der Waals surface area contributed by atoms with E-state index in [9.17, 15) is 14.0 Å². The lowest BCUT2D eigenvalue weighted by Gasteiger charge is -2.19. The molecule has 1 aliphatic heterocycles. The minimum Gasteiger partial charge on any atom is -0.452 e. The van der Waals surface area contributed by atoms with Crippen LogP contribution < -0.4 is 5.73 Å². The molecule has 5 nitrogen and oxygen atoms in total. The average Bonchev–Trinajstić information content (AvgIpc) is 2.76. The average molecular weight is 294 g/mol. The van der Waals surface area contributed by atoms with E-state index in [1.807, 2.05) is 0 Å². The molecule has 0 unspecified atom stereocenters. The molecule has 0 aliphatic carbocycles. The fraction of sp³-hybridized carbons (Fsp3) is 0.467. The molecule has 0 radical (unpaired) electrons. The van der Waals surface area contributed by atoms with Crippen LogP contribution in [0.15, 0.2) is 18.2 Å². The first-order valence-electron chi connectivity index (χ1n) is 7.08. The molecule has 1 saturated heterocycles. The number of amides is 1. The summed E-state index contributed by atoms with van der Waals surface area (Å²) >= 11 is 0. The number of carbonyl (C=O) groups excluding carboxylic acids is 2. The zero-order valence-corrected chi connectivity index (χ0v) is 11.8. The molecule has 0 saturated carbocycles. The van der Waals surface area contributed by atoms with Gasteiger partial charge in [-0.2, -0.15) is 0 Å². The summed E-state index contributed by atoms with van der Waals surface area (Å²) in [4.78, 5) is 25.4. The molecule has 1 heterocycles. The second kappa shape index (κ2) is 7.06. The van der Waals surface area contributed by atoms with Crippen LogP contribution in [0.1, 0.15) is 36.0 Å². The monoisotopic (exact) mass is 294 g/mol. The lowest BCUT2D eigenvalue weighted by molar-refractivity contribution is -0.134. The van der Waals surface area contributed by atoms with Crippen molar-refractivity contribution < 1.29 is 18.7 Å². The maximum atomic E-state index is 13.5. The SMILES string of the molecule is Nc1ccc(F)c(C(=O)OCC(=O)N2CCCCCC2)c1. The molecule has 21 heavy (non-hydrogen) atoms. The minimum absolute atomic E-state index is 0.241. The van der Waals surface area contributed by atoms with Crippen LogP contribution in [0, 0.1) is 5.82 Å². The Morgan fingerprint density at radius 3 is 2.52 bits per heavy atom. The summed E-state index contributed by atoms with van der Waals surface area (Å²) in [5.74, 6) is -1.83. The molecule has 1 aromatic rings. The van der Waals surface area contributed by atoms with Gasteiger partial charge in [0.15, 0.2) is 6.61 Å². The summed E-state index contributed by atoms with van der Waals surface area (Å²) in [7, 11) is 0. The number of nitrogens with zero attached hydrogens (tertiary/aromatic N) is 1. The highest BCUT2D eigenvalue weighted by Gasteiger charge is 2.19. The largest absolute Gasteiger partial charge is 0.452 e. The fourth-order valence-corrected chi connectivity index (χ4v) is 2.32. The standard InChI is InChI=1S/C15H19FN2O3/c16-13-6-5-11(17)9-12(13)15(20)21-10-14(19)18-7-3-1-2-4-8-18/h5-6,9H,1-4,7-8,10,17H2. The van der Waals surface area contributed by atoms with Crippen molar-refractivity contribution in [2.75, 3.05) is 25.4 Å². The molecule has 114 valence electrons. The van der Waals surface area contributed by atoms with Crippen molar-refractivity contribution in [1.29, 1.82) is 0 Å². The number of nitrogen functional groups attached to an aromatic ring is 1. The number of anilines is 1. The molecule has 1 aromatic carbocycles. The minimum atomic E-state index is -0.872. The highest BCUT2D eigenvalue weighted by Crippen LogP contribution is 2.14. The van der Waals surface area contributed by atoms with Crippen molar-refractivity contribution in [2.24, 2.45) is 0 Å². The van der Waals surface area contributed by atoms with Gasteiger partial charge in [-0.15, -0.1) is 0 Å². The molecule has 0 atom stereocenters. The Morgan fingerprint density at radius 2 is 1.86 bits per heavy atom. The molecule has 1 fully saturated rings. The number of hydrogen-bond donors (Lipinski definition) is 1. The summed E-state index contributed by atoms with van der Waals surface area (Å²) in [6, 6.07) is 3.66. The van der Waals surface area contributed by atoms with Gasteiger partial charge >= 0.3 is 5.97 Å². The van der Waals surface area contributed by atoms with Crippen molar-refractivity contribution >= 4 is 17.6 Å². The van der Waals surface area contributed by atoms with E-state index in [4.69, 9.17) is 10.5 Å². The van der Waals surface area contributed by atoms with Crippen LogP contribution in [-0.4, -0.2) is 36.5 Å². The lowest BCUT2D eigenvalue weighted by atomic mass is 10.2. The molecule has 0 aromatic heterocycles. The zero-order chi connectivity index (χ0) is 15.2. The maximum Gasteiger partial charge on any atom is 0.341 e. The van der Waals surface area contributed by atoms with Crippen LogP contribution in [-0.2, 0) is 9.53 Å². The summed E-state index contributed by atoms with van der Waals surface area (Å²) < 4.78 is 18.4. The van der Waals surface area contributed by atoms with Crippen molar-refractivity contribution in [3.8, 4) is 0 Å². The third kappa shape index (κ3) is 4.18. The van der Waals surface area contributed by atoms with Crippen molar-refractivity contribution in [3.05, 3.63) is 29.6 Å². The van der Waals surface area contributed by atoms with Gasteiger partial charge in [-0.1, -0.05) is 12.8 Å². The van der Waals surface area contributed by atoms with E-state index in [0.717, 1.165) is 31.7 Å². The van der Waals surface area contributed by atoms with Gasteiger partial charge in [-0.3, -0.25) is 4.79 Å². The summed E-state index contributed by atoms with van der Waals surface area (Å²) in [5.41, 5.74) is 5.52. The van der Waals surface area contributed by atoms with Crippen LogP contribution >= 0.6 is 0 Å². The number of esters is 1. The second-order valence-electron chi connectivity index (χ2n) is 5.11. The number of hydrogen-bond acceptors (Lipinski definition) is 4. The first kappa shape index (κ1) is 15.3. The zero-order valence-electron chi connectivity index (χ0n) is 11.8. The number of rotatable bonds is 3. The van der Waals surface area contributed by atoms with Crippen LogP contribution in [0.4, 0.5) is 10.1 Å². The van der Waals surface area contributed by atoms with Gasteiger partial charge in [0, 0.05) is 18.8 Å². The Balaban J connectivity index is 1.91. The number of carbonyl (C=O) groups is 2. The quantitative estimate of drug-likeness (QED) is 0.683. The number of likely N-dealkylation sites (tertiary alicyclic amines) is 1. The van der Waals surface area contributed by atoms with Gasteiger partial charge in [0.05, 0.1) is 5.56 Å². The maximum absolute atomic E-state index is 13.5. The van der Waals surface area contributed by atoms with Crippen LogP contribution in [0.2, 0.25) is 0 Å². The first-order valence-corrected chi connectivity index (χ1v) is 7.08. The highest BCUT2D eigenvalue weighted by molar-refractivity contribution is 5.92. The second-order valence-corrected chi connectivity index (χ2v) is 5.11. The Kier molecular flexibility index (Phi) is 5.14. The van der Waals surface area contributed by atoms with Gasteiger partial charge in [0.25, 0.3) is 5.91 Å². The van der Waals surface area contributed by atoms with Gasteiger partial charge in [-0.05, 0) is 31.0 Å². The third-order valence-electron chi connectivity index (χ3n) is 3.50. The van der Waals surface area contributed by atoms with E-state index in [-0.39, 0.29) is 23.8 Å². The molecule has 0 bridgehead atoms. The van der Waals surface area contributed by atoms with E-state index < -0.39 is 11.8 Å². The fourth-order valence-electron chi connectivity index (χ4n) is 2.32. The summed E-state index contributed by atoms with van der Waals surface area (Å²) in [6.07, 6.45) is 4.14. The van der Waals surface area contributed by atoms with E-state index in [0.29, 0.717) is 13.1 Å². The summed E-state index contributed by atoms with van der Waals surface area (Å²) in [5, 5.41) is 0. The highest BCUT2D eigenvalue weighted by atomic mass is 19.1. The van der Waals surface area contributed by atoms with Gasteiger partial charge in [0.2, 0.25) is 0 Å². The normalized spacial score (nSPS) is 15.4. The molecule has 0 spiro atoms. The molecule has 6 heteroatoms. The van der Waals surface area contributed by atoms with E-state index in [1.54, 1.807) is 4.90 Å². The van der Waals surface area contributed by atoms with Crippen LogP contribution in [0.25, 0.3) is 0 Å². The molecule has 2 rings (SSSR count). The third-order valence-corrected chi connectivity index (χ3v) is 3.50. The van der Waals surface area contributed by atoms with Gasteiger partial charge < -0.3 is 15.4 Å². The number of nitrogens with two attached hydrogens (primary N) is 1. The van der Waals surface area contributed by atoms with Crippen molar-refractivity contribution in [2.45, 2.75) is 25.7 Å². The van der Waals surface area contributed by atoms with Crippen LogP contribution in [0.5, 0.6) is 0 Å². The first-order chi connectivity index (χ1) is 10.1. The van der Waals surface area contributed by atoms with E-state index in [2.05, 4.69) is 0 Å². The van der Waals surface area contributed by atoms with E-state index in [1.165, 1.54) is 12.1 Å². The molecular formula is C15H19FN2O3. The van der Waals surface area contributed by atoms with Gasteiger partial charge in [-0.25, -0.2) is 9.18 Å². The van der Waals surface area contributed by atoms with Crippen molar-refractivity contribution in [1.82, 2.24) is 4.90 Å². The van der Waals surface area contributed by atoms with Crippen LogP contribution in [0.3, 0.4) is 0 Å². The Morgan fingerprint density at radius 1 is 1.19 bits per heavy atom. The number of benzene rings is 1. The predicted octanol–water partition coefficient (Wildman–Crippen LogP) is 1.97. The lowest BCUT2D eigenvalue weighted by Crippen LogP contribution is -2.35. The van der Waals surface area contributed by atoms with Crippen molar-refractivity contribution in [3.63, 3.8) is 0 Å². The Labute approximate surface area is 122 Å². The summed E-state index contributed by atoms with van der Waals surface area (Å²) in [6.45, 7) is 0.999. The number of halogens is 1. The predicted molar refractivity (Wildman–Crippen MR) is 76.1 cm³/mol. The topological polar surface area (TPSA) is 72.6 Å².